The molecule has 0 aliphatic heterocycles. The SMILES string of the molecule is COCc1cc(S(N)(=O)=O)n(-c2ccc(C)nn2)n1. The fraction of sp³-hybridized carbons (Fsp3) is 0.300. The van der Waals surface area contributed by atoms with E-state index in [2.05, 4.69) is 15.3 Å². The molecule has 2 heterocycles. The fourth-order valence-corrected chi connectivity index (χ4v) is 2.18. The van der Waals surface area contributed by atoms with E-state index in [0.717, 1.165) is 4.68 Å². The molecule has 0 spiro atoms. The maximum absolute atomic E-state index is 11.5. The number of nitrogens with two attached hydrogens (primary N) is 1. The molecular weight excluding hydrogens is 270 g/mol. The Hall–Kier alpha value is -1.84. The van der Waals surface area contributed by atoms with Gasteiger partial charge in [0.05, 0.1) is 18.0 Å². The molecule has 0 unspecified atom stereocenters. The second-order valence-corrected chi connectivity index (χ2v) is 5.40. The van der Waals surface area contributed by atoms with Crippen molar-refractivity contribution in [2.45, 2.75) is 18.6 Å². The first kappa shape index (κ1) is 13.6. The zero-order valence-electron chi connectivity index (χ0n) is 10.4. The highest BCUT2D eigenvalue weighted by molar-refractivity contribution is 7.89. The third-order valence-corrected chi connectivity index (χ3v) is 3.19. The van der Waals surface area contributed by atoms with E-state index in [1.54, 1.807) is 19.1 Å². The van der Waals surface area contributed by atoms with Crippen LogP contribution in [-0.4, -0.2) is 35.5 Å². The minimum absolute atomic E-state index is 0.155. The quantitative estimate of drug-likeness (QED) is 0.828. The Morgan fingerprint density at radius 2 is 2.11 bits per heavy atom. The van der Waals surface area contributed by atoms with Gasteiger partial charge < -0.3 is 4.74 Å². The van der Waals surface area contributed by atoms with E-state index >= 15 is 0 Å². The van der Waals surface area contributed by atoms with Gasteiger partial charge >= 0.3 is 0 Å². The van der Waals surface area contributed by atoms with Crippen LogP contribution in [0.3, 0.4) is 0 Å². The lowest BCUT2D eigenvalue weighted by molar-refractivity contribution is 0.181. The Balaban J connectivity index is 2.57. The molecule has 0 aliphatic carbocycles. The lowest BCUT2D eigenvalue weighted by Gasteiger charge is -2.03. The molecule has 0 bridgehead atoms. The van der Waals surface area contributed by atoms with E-state index < -0.39 is 10.0 Å². The average Bonchev–Trinajstić information content (AvgIpc) is 2.74. The lowest BCUT2D eigenvalue weighted by Crippen LogP contribution is -2.17. The molecule has 0 aromatic carbocycles. The number of nitrogens with zero attached hydrogens (tertiary/aromatic N) is 4. The van der Waals surface area contributed by atoms with Crippen LogP contribution < -0.4 is 5.14 Å². The maximum atomic E-state index is 11.5. The highest BCUT2D eigenvalue weighted by atomic mass is 32.2. The van der Waals surface area contributed by atoms with Crippen molar-refractivity contribution in [3.8, 4) is 5.82 Å². The Bertz CT molecular complexity index is 678. The second-order valence-electron chi connectivity index (χ2n) is 3.90. The summed E-state index contributed by atoms with van der Waals surface area (Å²) < 4.78 is 29.1. The number of sulfonamides is 1. The number of primary sulfonamides is 1. The van der Waals surface area contributed by atoms with Crippen molar-refractivity contribution in [1.29, 1.82) is 0 Å². The summed E-state index contributed by atoms with van der Waals surface area (Å²) in [5.74, 6) is 0.275. The van der Waals surface area contributed by atoms with E-state index in [1.807, 2.05) is 0 Å². The molecule has 2 rings (SSSR count). The lowest BCUT2D eigenvalue weighted by atomic mass is 10.4. The van der Waals surface area contributed by atoms with Crippen LogP contribution in [0.1, 0.15) is 11.4 Å². The largest absolute Gasteiger partial charge is 0.378 e. The predicted molar refractivity (Wildman–Crippen MR) is 66.0 cm³/mol. The Labute approximate surface area is 110 Å². The standard InChI is InChI=1S/C10H13N5O3S/c1-7-3-4-9(13-12-7)15-10(19(11,16)17)5-8(14-15)6-18-2/h3-5H,6H2,1-2H3,(H2,11,16,17). The first-order chi connectivity index (χ1) is 8.91. The summed E-state index contributed by atoms with van der Waals surface area (Å²) in [5.41, 5.74) is 1.15. The molecule has 102 valence electrons. The smallest absolute Gasteiger partial charge is 0.255 e. The molecule has 2 aromatic heterocycles. The van der Waals surface area contributed by atoms with Gasteiger partial charge in [-0.3, -0.25) is 0 Å². The van der Waals surface area contributed by atoms with Crippen LogP contribution in [0.25, 0.3) is 5.82 Å². The highest BCUT2D eigenvalue weighted by Gasteiger charge is 2.19. The predicted octanol–water partition coefficient (Wildman–Crippen LogP) is -0.235. The molecule has 19 heavy (non-hydrogen) atoms. The molecule has 0 saturated heterocycles. The summed E-state index contributed by atoms with van der Waals surface area (Å²) in [7, 11) is -2.42. The minimum atomic E-state index is -3.91. The second kappa shape index (κ2) is 5.03. The molecule has 0 saturated carbocycles. The van der Waals surface area contributed by atoms with Crippen LogP contribution >= 0.6 is 0 Å². The summed E-state index contributed by atoms with van der Waals surface area (Å²) in [5, 5.41) is 16.8. The van der Waals surface area contributed by atoms with Gasteiger partial charge in [-0.2, -0.15) is 10.2 Å². The van der Waals surface area contributed by atoms with Gasteiger partial charge in [0.2, 0.25) is 0 Å². The molecule has 9 heteroatoms. The van der Waals surface area contributed by atoms with Crippen LogP contribution in [0.15, 0.2) is 23.2 Å². The minimum Gasteiger partial charge on any atom is -0.378 e. The van der Waals surface area contributed by atoms with Crippen molar-refractivity contribution in [1.82, 2.24) is 20.0 Å². The average molecular weight is 283 g/mol. The van der Waals surface area contributed by atoms with Crippen molar-refractivity contribution in [3.63, 3.8) is 0 Å². The molecule has 0 atom stereocenters. The van der Waals surface area contributed by atoms with Crippen LogP contribution in [0, 0.1) is 6.92 Å². The molecule has 2 N–H and O–H groups in total. The third-order valence-electron chi connectivity index (χ3n) is 2.31. The van der Waals surface area contributed by atoms with Gasteiger partial charge in [-0.05, 0) is 19.1 Å². The number of hydrogen-bond acceptors (Lipinski definition) is 6. The van der Waals surface area contributed by atoms with E-state index in [9.17, 15) is 8.42 Å². The normalized spacial score (nSPS) is 11.7. The van der Waals surface area contributed by atoms with E-state index in [-0.39, 0.29) is 17.5 Å². The summed E-state index contributed by atoms with van der Waals surface area (Å²) in [6, 6.07) is 4.66. The van der Waals surface area contributed by atoms with Crippen molar-refractivity contribution >= 4 is 10.0 Å². The van der Waals surface area contributed by atoms with Crippen LogP contribution in [0.4, 0.5) is 0 Å². The van der Waals surface area contributed by atoms with Crippen molar-refractivity contribution in [3.05, 3.63) is 29.6 Å². The van der Waals surface area contributed by atoms with Gasteiger partial charge in [0.15, 0.2) is 10.8 Å². The van der Waals surface area contributed by atoms with Gasteiger partial charge in [-0.15, -0.1) is 5.10 Å². The summed E-state index contributed by atoms with van der Waals surface area (Å²) in [6.07, 6.45) is 0. The maximum Gasteiger partial charge on any atom is 0.255 e. The van der Waals surface area contributed by atoms with Crippen molar-refractivity contribution in [2.75, 3.05) is 7.11 Å². The summed E-state index contributed by atoms with van der Waals surface area (Å²) >= 11 is 0. The number of aromatic nitrogens is 4. The Morgan fingerprint density at radius 3 is 2.63 bits per heavy atom. The first-order valence-corrected chi connectivity index (χ1v) is 6.88. The topological polar surface area (TPSA) is 113 Å². The van der Waals surface area contributed by atoms with Gasteiger partial charge in [-0.1, -0.05) is 0 Å². The number of hydrogen-bond donors (Lipinski definition) is 1. The molecule has 0 amide bonds. The van der Waals surface area contributed by atoms with E-state index in [4.69, 9.17) is 9.88 Å². The molecular formula is C10H13N5O3S. The first-order valence-electron chi connectivity index (χ1n) is 5.33. The van der Waals surface area contributed by atoms with Crippen molar-refractivity contribution < 1.29 is 13.2 Å². The Morgan fingerprint density at radius 1 is 1.37 bits per heavy atom. The molecule has 0 fully saturated rings. The zero-order valence-corrected chi connectivity index (χ0v) is 11.3. The van der Waals surface area contributed by atoms with Crippen LogP contribution in [-0.2, 0) is 21.4 Å². The molecule has 8 nitrogen and oxygen atoms in total. The van der Waals surface area contributed by atoms with E-state index in [1.165, 1.54) is 13.2 Å². The molecule has 0 radical (unpaired) electrons. The monoisotopic (exact) mass is 283 g/mol. The number of rotatable bonds is 4. The van der Waals surface area contributed by atoms with Gasteiger partial charge in [0, 0.05) is 13.2 Å². The number of aryl methyl sites for hydroxylation is 1. The van der Waals surface area contributed by atoms with Crippen LogP contribution in [0.2, 0.25) is 0 Å². The third kappa shape index (κ3) is 2.95. The van der Waals surface area contributed by atoms with Crippen LogP contribution in [0.5, 0.6) is 0 Å². The Kier molecular flexibility index (Phi) is 3.60. The summed E-state index contributed by atoms with van der Waals surface area (Å²) in [6.45, 7) is 1.95. The van der Waals surface area contributed by atoms with E-state index in [0.29, 0.717) is 11.4 Å². The van der Waals surface area contributed by atoms with Gasteiger partial charge in [0.1, 0.15) is 0 Å². The summed E-state index contributed by atoms with van der Waals surface area (Å²) in [4.78, 5) is 0. The van der Waals surface area contributed by atoms with Crippen molar-refractivity contribution in [2.24, 2.45) is 5.14 Å². The number of methoxy groups -OCH3 is 1. The zero-order chi connectivity index (χ0) is 14.0. The van der Waals surface area contributed by atoms with Gasteiger partial charge in [-0.25, -0.2) is 18.2 Å². The number of ether oxygens (including phenoxy) is 1. The fourth-order valence-electron chi connectivity index (χ4n) is 1.50. The molecule has 0 aliphatic rings. The van der Waals surface area contributed by atoms with Gasteiger partial charge in [0.25, 0.3) is 10.0 Å². The molecule has 2 aromatic rings. The highest BCUT2D eigenvalue weighted by Crippen LogP contribution is 2.15.